The van der Waals surface area contributed by atoms with Gasteiger partial charge in [0.15, 0.2) is 0 Å². The number of carbonyl (C=O) groups is 2. The number of carbonyl (C=O) groups excluding carboxylic acids is 2. The van der Waals surface area contributed by atoms with Gasteiger partial charge in [0, 0.05) is 42.8 Å². The summed E-state index contributed by atoms with van der Waals surface area (Å²) in [5.41, 5.74) is 1.45. The van der Waals surface area contributed by atoms with Crippen molar-refractivity contribution in [2.24, 2.45) is 5.92 Å². The summed E-state index contributed by atoms with van der Waals surface area (Å²) in [6.07, 6.45) is 7.24. The smallest absolute Gasteiger partial charge is 0.253 e. The molecule has 2 unspecified atom stereocenters. The first-order chi connectivity index (χ1) is 13.1. The fourth-order valence-electron chi connectivity index (χ4n) is 4.55. The van der Waals surface area contributed by atoms with Gasteiger partial charge in [0.2, 0.25) is 5.91 Å². The third kappa shape index (κ3) is 5.95. The number of amides is 2. The van der Waals surface area contributed by atoms with Crippen molar-refractivity contribution in [1.29, 1.82) is 0 Å². The zero-order valence-electron chi connectivity index (χ0n) is 17.1. The Kier molecular flexibility index (Phi) is 8.77. The summed E-state index contributed by atoms with van der Waals surface area (Å²) in [5, 5.41) is 6.62. The Bertz CT molecular complexity index is 632. The van der Waals surface area contributed by atoms with Gasteiger partial charge in [-0.05, 0) is 68.7 Å². The molecule has 2 aliphatic rings. The molecule has 3 rings (SSSR count). The fraction of sp³-hybridized carbons (Fsp3) is 0.636. The Hall–Kier alpha value is -1.59. The Morgan fingerprint density at radius 3 is 2.14 bits per heavy atom. The van der Waals surface area contributed by atoms with Gasteiger partial charge in [0.1, 0.15) is 0 Å². The Balaban J connectivity index is 0.00000280. The quantitative estimate of drug-likeness (QED) is 0.677. The maximum atomic E-state index is 12.6. The first kappa shape index (κ1) is 22.7. The second-order valence-electron chi connectivity index (χ2n) is 8.10. The SMILES string of the molecule is CCCN(CCC)C(=O)c1ccc(NC(=O)CC2CC3CCC(C2)N3)cc1.Cl. The van der Waals surface area contributed by atoms with Crippen LogP contribution in [0.5, 0.6) is 0 Å². The van der Waals surface area contributed by atoms with Crippen LogP contribution < -0.4 is 10.6 Å². The molecule has 1 aromatic rings. The van der Waals surface area contributed by atoms with E-state index in [4.69, 9.17) is 0 Å². The van der Waals surface area contributed by atoms with Gasteiger partial charge in [-0.2, -0.15) is 0 Å². The number of nitrogens with one attached hydrogen (secondary N) is 2. The van der Waals surface area contributed by atoms with E-state index < -0.39 is 0 Å². The zero-order valence-corrected chi connectivity index (χ0v) is 17.9. The molecule has 0 spiro atoms. The van der Waals surface area contributed by atoms with Gasteiger partial charge in [-0.25, -0.2) is 0 Å². The largest absolute Gasteiger partial charge is 0.339 e. The summed E-state index contributed by atoms with van der Waals surface area (Å²) in [4.78, 5) is 26.9. The Morgan fingerprint density at radius 1 is 1.04 bits per heavy atom. The Labute approximate surface area is 175 Å². The third-order valence-corrected chi connectivity index (χ3v) is 5.73. The minimum atomic E-state index is 0. The zero-order chi connectivity index (χ0) is 19.2. The van der Waals surface area contributed by atoms with E-state index in [1.165, 1.54) is 12.8 Å². The van der Waals surface area contributed by atoms with E-state index in [0.29, 0.717) is 30.0 Å². The van der Waals surface area contributed by atoms with Crippen molar-refractivity contribution in [3.05, 3.63) is 29.8 Å². The maximum absolute atomic E-state index is 12.6. The van der Waals surface area contributed by atoms with Gasteiger partial charge in [0.05, 0.1) is 0 Å². The van der Waals surface area contributed by atoms with Crippen LogP contribution in [0.25, 0.3) is 0 Å². The van der Waals surface area contributed by atoms with Crippen molar-refractivity contribution >= 4 is 29.9 Å². The summed E-state index contributed by atoms with van der Waals surface area (Å²) in [6.45, 7) is 5.73. The number of rotatable bonds is 8. The summed E-state index contributed by atoms with van der Waals surface area (Å²) in [6, 6.07) is 8.55. The number of nitrogens with zero attached hydrogens (tertiary/aromatic N) is 1. The first-order valence-corrected chi connectivity index (χ1v) is 10.5. The van der Waals surface area contributed by atoms with Crippen molar-refractivity contribution in [3.63, 3.8) is 0 Å². The predicted molar refractivity (Wildman–Crippen MR) is 116 cm³/mol. The molecule has 2 N–H and O–H groups in total. The van der Waals surface area contributed by atoms with Crippen molar-refractivity contribution < 1.29 is 9.59 Å². The lowest BCUT2D eigenvalue weighted by Gasteiger charge is -2.28. The summed E-state index contributed by atoms with van der Waals surface area (Å²) in [5.74, 6) is 0.641. The summed E-state index contributed by atoms with van der Waals surface area (Å²) in [7, 11) is 0. The second-order valence-corrected chi connectivity index (χ2v) is 8.10. The number of hydrogen-bond acceptors (Lipinski definition) is 3. The lowest BCUT2D eigenvalue weighted by molar-refractivity contribution is -0.117. The van der Waals surface area contributed by atoms with E-state index >= 15 is 0 Å². The molecule has 2 atom stereocenters. The molecular weight excluding hydrogens is 374 g/mol. The number of anilines is 1. The summed E-state index contributed by atoms with van der Waals surface area (Å²) < 4.78 is 0. The third-order valence-electron chi connectivity index (χ3n) is 5.73. The highest BCUT2D eigenvalue weighted by molar-refractivity contribution is 5.95. The first-order valence-electron chi connectivity index (χ1n) is 10.5. The van der Waals surface area contributed by atoms with Crippen LogP contribution in [0.4, 0.5) is 5.69 Å². The number of benzene rings is 1. The standard InChI is InChI=1S/C22H33N3O2.ClH/c1-3-11-25(12-4-2)22(27)17-5-7-18(8-6-17)24-21(26)15-16-13-19-9-10-20(14-16)23-19;/h5-8,16,19-20,23H,3-4,9-15H2,1-2H3,(H,24,26);1H. The number of halogens is 1. The van der Waals surface area contributed by atoms with E-state index in [1.54, 1.807) is 0 Å². The van der Waals surface area contributed by atoms with Crippen LogP contribution in [0.15, 0.2) is 24.3 Å². The second kappa shape index (κ2) is 10.8. The highest BCUT2D eigenvalue weighted by Gasteiger charge is 2.34. The van der Waals surface area contributed by atoms with Crippen LogP contribution in [0.1, 0.15) is 69.2 Å². The topological polar surface area (TPSA) is 61.4 Å². The molecule has 5 nitrogen and oxygen atoms in total. The molecule has 2 amide bonds. The minimum absolute atomic E-state index is 0. The molecule has 2 saturated heterocycles. The highest BCUT2D eigenvalue weighted by atomic mass is 35.5. The van der Waals surface area contributed by atoms with Crippen molar-refractivity contribution in [1.82, 2.24) is 10.2 Å². The molecule has 2 bridgehead atoms. The molecule has 2 fully saturated rings. The van der Waals surface area contributed by atoms with Crippen LogP contribution >= 0.6 is 12.4 Å². The van der Waals surface area contributed by atoms with Gasteiger partial charge in [-0.15, -0.1) is 12.4 Å². The minimum Gasteiger partial charge on any atom is -0.339 e. The highest BCUT2D eigenvalue weighted by Crippen LogP contribution is 2.32. The predicted octanol–water partition coefficient (Wildman–Crippen LogP) is 4.23. The van der Waals surface area contributed by atoms with E-state index in [2.05, 4.69) is 24.5 Å². The molecule has 2 aliphatic heterocycles. The molecule has 156 valence electrons. The molecule has 2 heterocycles. The monoisotopic (exact) mass is 407 g/mol. The van der Waals surface area contributed by atoms with Crippen LogP contribution in [0.3, 0.4) is 0 Å². The van der Waals surface area contributed by atoms with E-state index in [-0.39, 0.29) is 24.2 Å². The van der Waals surface area contributed by atoms with Crippen molar-refractivity contribution in [2.45, 2.75) is 70.9 Å². The average molecular weight is 408 g/mol. The van der Waals surface area contributed by atoms with E-state index in [9.17, 15) is 9.59 Å². The van der Waals surface area contributed by atoms with Crippen LogP contribution in [0, 0.1) is 5.92 Å². The van der Waals surface area contributed by atoms with Crippen molar-refractivity contribution in [3.8, 4) is 0 Å². The van der Waals surface area contributed by atoms with Gasteiger partial charge in [-0.3, -0.25) is 9.59 Å². The summed E-state index contributed by atoms with van der Waals surface area (Å²) >= 11 is 0. The van der Waals surface area contributed by atoms with Crippen molar-refractivity contribution in [2.75, 3.05) is 18.4 Å². The lowest BCUT2D eigenvalue weighted by Crippen LogP contribution is -2.39. The molecule has 1 aromatic carbocycles. The van der Waals surface area contributed by atoms with Gasteiger partial charge in [-0.1, -0.05) is 13.8 Å². The average Bonchev–Trinajstić information content (AvgIpc) is 3.00. The Morgan fingerprint density at radius 2 is 1.61 bits per heavy atom. The maximum Gasteiger partial charge on any atom is 0.253 e. The number of fused-ring (bicyclic) bond motifs is 2. The van der Waals surface area contributed by atoms with Crippen LogP contribution in [-0.4, -0.2) is 41.9 Å². The molecular formula is C22H34ClN3O2. The van der Waals surface area contributed by atoms with Gasteiger partial charge in [0.25, 0.3) is 5.91 Å². The fourth-order valence-corrected chi connectivity index (χ4v) is 4.55. The van der Waals surface area contributed by atoms with Gasteiger partial charge < -0.3 is 15.5 Å². The van der Waals surface area contributed by atoms with E-state index in [1.807, 2.05) is 29.2 Å². The van der Waals surface area contributed by atoms with Crippen LogP contribution in [0.2, 0.25) is 0 Å². The van der Waals surface area contributed by atoms with Crippen LogP contribution in [-0.2, 0) is 4.79 Å². The molecule has 0 radical (unpaired) electrons. The normalized spacial score (nSPS) is 23.0. The molecule has 6 heteroatoms. The number of piperidine rings is 1. The lowest BCUT2D eigenvalue weighted by atomic mass is 9.89. The van der Waals surface area contributed by atoms with E-state index in [0.717, 1.165) is 44.5 Å². The molecule has 28 heavy (non-hydrogen) atoms. The number of hydrogen-bond donors (Lipinski definition) is 2. The molecule has 0 aromatic heterocycles. The molecule has 0 aliphatic carbocycles. The molecule has 0 saturated carbocycles. The van der Waals surface area contributed by atoms with Gasteiger partial charge >= 0.3 is 0 Å².